The van der Waals surface area contributed by atoms with E-state index >= 15 is 0 Å². The van der Waals surface area contributed by atoms with Gasteiger partial charge in [0.2, 0.25) is 5.91 Å². The summed E-state index contributed by atoms with van der Waals surface area (Å²) < 4.78 is 0. The van der Waals surface area contributed by atoms with E-state index in [9.17, 15) is 4.79 Å². The molecule has 3 N–H and O–H groups in total. The molecule has 0 spiro atoms. The second kappa shape index (κ2) is 6.86. The monoisotopic (exact) mass is 229 g/mol. The summed E-state index contributed by atoms with van der Waals surface area (Å²) in [6.07, 6.45) is 2.29. The largest absolute Gasteiger partial charge is 0.368 e. The van der Waals surface area contributed by atoms with Gasteiger partial charge in [-0.05, 0) is 33.9 Å². The Morgan fingerprint density at radius 2 is 2.06 bits per heavy atom. The Morgan fingerprint density at radius 3 is 2.44 bits per heavy atom. The minimum absolute atomic E-state index is 0.287. The van der Waals surface area contributed by atoms with Crippen molar-refractivity contribution in [1.29, 1.82) is 0 Å². The Morgan fingerprint density at radius 1 is 1.50 bits per heavy atom. The maximum atomic E-state index is 11.5. The summed E-state index contributed by atoms with van der Waals surface area (Å²) in [6.45, 7) is 9.59. The lowest BCUT2D eigenvalue weighted by molar-refractivity contribution is -0.124. The third-order valence-corrected chi connectivity index (χ3v) is 3.14. The molecule has 1 amide bonds. The number of nitrogens with one attached hydrogen (secondary N) is 1. The molecule has 4 nitrogen and oxygen atoms in total. The number of carbonyl (C=O) groups is 1. The molecule has 0 aliphatic heterocycles. The number of carbonyl (C=O) groups excluding carboxylic acids is 1. The molecule has 0 aliphatic rings. The zero-order valence-corrected chi connectivity index (χ0v) is 11.3. The van der Waals surface area contributed by atoms with E-state index in [1.165, 1.54) is 0 Å². The fraction of sp³-hybridized carbons (Fsp3) is 0.917. The van der Waals surface area contributed by atoms with Gasteiger partial charge < -0.3 is 16.0 Å². The summed E-state index contributed by atoms with van der Waals surface area (Å²) in [5.74, 6) is -0.287. The maximum Gasteiger partial charge on any atom is 0.238 e. The molecular formula is C12H27N3O. The van der Waals surface area contributed by atoms with Crippen LogP contribution in [0, 0.1) is 0 Å². The number of rotatable bonds is 8. The normalized spacial score (nSPS) is 17.1. The summed E-state index contributed by atoms with van der Waals surface area (Å²) >= 11 is 0. The van der Waals surface area contributed by atoms with E-state index in [-0.39, 0.29) is 5.91 Å². The highest BCUT2D eigenvalue weighted by Gasteiger charge is 2.32. The first kappa shape index (κ1) is 15.4. The maximum absolute atomic E-state index is 11.5. The van der Waals surface area contributed by atoms with Crippen molar-refractivity contribution in [3.63, 3.8) is 0 Å². The average Bonchev–Trinajstić information content (AvgIpc) is 2.18. The number of likely N-dealkylation sites (N-methyl/N-ethyl adjacent to an activating group) is 2. The van der Waals surface area contributed by atoms with Gasteiger partial charge in [-0.1, -0.05) is 20.3 Å². The van der Waals surface area contributed by atoms with Crippen LogP contribution < -0.4 is 11.1 Å². The number of hydrogen-bond donors (Lipinski definition) is 2. The SMILES string of the molecule is CCCC(C)N(C)CC(C)(NCC)C(N)=O. The van der Waals surface area contributed by atoms with Gasteiger partial charge in [0.05, 0.1) is 0 Å². The van der Waals surface area contributed by atoms with Crippen LogP contribution in [-0.4, -0.2) is 42.5 Å². The van der Waals surface area contributed by atoms with Crippen molar-refractivity contribution in [2.75, 3.05) is 20.1 Å². The number of primary amides is 1. The molecule has 0 rings (SSSR count). The molecule has 96 valence electrons. The second-order valence-corrected chi connectivity index (χ2v) is 4.78. The summed E-state index contributed by atoms with van der Waals surface area (Å²) in [5, 5.41) is 3.17. The number of nitrogens with zero attached hydrogens (tertiary/aromatic N) is 1. The molecule has 0 aromatic rings. The zero-order valence-electron chi connectivity index (χ0n) is 11.3. The minimum Gasteiger partial charge on any atom is -0.368 e. The summed E-state index contributed by atoms with van der Waals surface area (Å²) in [6, 6.07) is 0.474. The van der Waals surface area contributed by atoms with Gasteiger partial charge in [0.15, 0.2) is 0 Å². The highest BCUT2D eigenvalue weighted by molar-refractivity contribution is 5.84. The first-order valence-electron chi connectivity index (χ1n) is 6.12. The lowest BCUT2D eigenvalue weighted by atomic mass is 9.99. The molecule has 4 heteroatoms. The first-order valence-corrected chi connectivity index (χ1v) is 6.12. The number of amides is 1. The van der Waals surface area contributed by atoms with Crippen LogP contribution in [0.2, 0.25) is 0 Å². The fourth-order valence-corrected chi connectivity index (χ4v) is 1.90. The van der Waals surface area contributed by atoms with E-state index in [0.29, 0.717) is 12.6 Å². The van der Waals surface area contributed by atoms with Crippen LogP contribution in [0.1, 0.15) is 40.5 Å². The van der Waals surface area contributed by atoms with Crippen molar-refractivity contribution < 1.29 is 4.79 Å². The Labute approximate surface area is 99.6 Å². The lowest BCUT2D eigenvalue weighted by Gasteiger charge is -2.34. The highest BCUT2D eigenvalue weighted by atomic mass is 16.1. The van der Waals surface area contributed by atoms with E-state index < -0.39 is 5.54 Å². The van der Waals surface area contributed by atoms with Crippen LogP contribution in [0.25, 0.3) is 0 Å². The van der Waals surface area contributed by atoms with Gasteiger partial charge in [-0.25, -0.2) is 0 Å². The van der Waals surface area contributed by atoms with Crippen LogP contribution >= 0.6 is 0 Å². The molecule has 2 atom stereocenters. The molecule has 0 saturated heterocycles. The van der Waals surface area contributed by atoms with Gasteiger partial charge in [0.25, 0.3) is 0 Å². The van der Waals surface area contributed by atoms with Gasteiger partial charge in [-0.2, -0.15) is 0 Å². The van der Waals surface area contributed by atoms with Crippen molar-refractivity contribution >= 4 is 5.91 Å². The van der Waals surface area contributed by atoms with Crippen LogP contribution in [0.5, 0.6) is 0 Å². The Hall–Kier alpha value is -0.610. The molecule has 0 aliphatic carbocycles. The average molecular weight is 229 g/mol. The Balaban J connectivity index is 4.45. The highest BCUT2D eigenvalue weighted by Crippen LogP contribution is 2.10. The van der Waals surface area contributed by atoms with E-state index in [1.54, 1.807) is 0 Å². The Kier molecular flexibility index (Phi) is 6.60. The Bertz CT molecular complexity index is 220. The second-order valence-electron chi connectivity index (χ2n) is 4.78. The van der Waals surface area contributed by atoms with Gasteiger partial charge in [-0.15, -0.1) is 0 Å². The van der Waals surface area contributed by atoms with Crippen molar-refractivity contribution in [3.8, 4) is 0 Å². The zero-order chi connectivity index (χ0) is 12.8. The summed E-state index contributed by atoms with van der Waals surface area (Å²) in [7, 11) is 2.04. The molecule has 2 unspecified atom stereocenters. The molecule has 0 aromatic carbocycles. The third-order valence-electron chi connectivity index (χ3n) is 3.14. The van der Waals surface area contributed by atoms with Gasteiger partial charge >= 0.3 is 0 Å². The van der Waals surface area contributed by atoms with Crippen LogP contribution in [-0.2, 0) is 4.79 Å². The number of hydrogen-bond acceptors (Lipinski definition) is 3. The summed E-state index contributed by atoms with van der Waals surface area (Å²) in [4.78, 5) is 13.7. The van der Waals surface area contributed by atoms with E-state index in [1.807, 2.05) is 20.9 Å². The predicted molar refractivity (Wildman–Crippen MR) is 68.3 cm³/mol. The van der Waals surface area contributed by atoms with E-state index in [2.05, 4.69) is 24.1 Å². The number of nitrogens with two attached hydrogens (primary N) is 1. The van der Waals surface area contributed by atoms with Crippen molar-refractivity contribution in [2.24, 2.45) is 5.73 Å². The fourth-order valence-electron chi connectivity index (χ4n) is 1.90. The summed E-state index contributed by atoms with van der Waals surface area (Å²) in [5.41, 5.74) is 4.82. The van der Waals surface area contributed by atoms with E-state index in [4.69, 9.17) is 5.73 Å². The molecular weight excluding hydrogens is 202 g/mol. The molecule has 0 fully saturated rings. The molecule has 0 heterocycles. The van der Waals surface area contributed by atoms with Crippen molar-refractivity contribution in [3.05, 3.63) is 0 Å². The molecule has 16 heavy (non-hydrogen) atoms. The van der Waals surface area contributed by atoms with Gasteiger partial charge in [0.1, 0.15) is 5.54 Å². The van der Waals surface area contributed by atoms with Crippen LogP contribution in [0.15, 0.2) is 0 Å². The minimum atomic E-state index is -0.633. The van der Waals surface area contributed by atoms with Gasteiger partial charge in [-0.3, -0.25) is 4.79 Å². The van der Waals surface area contributed by atoms with Crippen molar-refractivity contribution in [2.45, 2.75) is 52.1 Å². The van der Waals surface area contributed by atoms with E-state index in [0.717, 1.165) is 19.4 Å². The quantitative estimate of drug-likeness (QED) is 0.652. The molecule has 0 saturated carbocycles. The topological polar surface area (TPSA) is 58.4 Å². The standard InChI is InChI=1S/C12H27N3O/c1-6-8-10(3)15(5)9-12(4,11(13)16)14-7-2/h10,14H,6-9H2,1-5H3,(H2,13,16). The van der Waals surface area contributed by atoms with Crippen molar-refractivity contribution in [1.82, 2.24) is 10.2 Å². The van der Waals surface area contributed by atoms with Gasteiger partial charge in [0, 0.05) is 12.6 Å². The predicted octanol–water partition coefficient (Wildman–Crippen LogP) is 0.960. The van der Waals surface area contributed by atoms with Crippen LogP contribution in [0.3, 0.4) is 0 Å². The van der Waals surface area contributed by atoms with Crippen LogP contribution in [0.4, 0.5) is 0 Å². The third kappa shape index (κ3) is 4.49. The lowest BCUT2D eigenvalue weighted by Crippen LogP contribution is -2.59. The molecule has 0 aromatic heterocycles. The smallest absolute Gasteiger partial charge is 0.238 e. The molecule has 0 bridgehead atoms. The first-order chi connectivity index (χ1) is 7.37. The molecule has 0 radical (unpaired) electrons.